The van der Waals surface area contributed by atoms with E-state index in [9.17, 15) is 9.59 Å². The summed E-state index contributed by atoms with van der Waals surface area (Å²) in [6.07, 6.45) is 5.15. The topological polar surface area (TPSA) is 74.8 Å². The number of carbonyl (C=O) groups is 2. The van der Waals surface area contributed by atoms with Gasteiger partial charge >= 0.3 is 0 Å². The highest BCUT2D eigenvalue weighted by Crippen LogP contribution is 2.22. The number of likely N-dealkylation sites (tertiary alicyclic amines) is 1. The van der Waals surface area contributed by atoms with Gasteiger partial charge in [0, 0.05) is 50.3 Å². The van der Waals surface area contributed by atoms with Gasteiger partial charge in [-0.15, -0.1) is 0 Å². The lowest BCUT2D eigenvalue weighted by Gasteiger charge is -2.34. The molecule has 0 spiro atoms. The van der Waals surface area contributed by atoms with E-state index in [0.717, 1.165) is 25.1 Å². The molecule has 0 aliphatic carbocycles. The zero-order valence-electron chi connectivity index (χ0n) is 16.4. The third kappa shape index (κ3) is 4.56. The summed E-state index contributed by atoms with van der Waals surface area (Å²) in [5.41, 5.74) is 2.10. The van der Waals surface area contributed by atoms with E-state index in [1.54, 1.807) is 24.5 Å². The van der Waals surface area contributed by atoms with E-state index < -0.39 is 0 Å². The lowest BCUT2D eigenvalue weighted by atomic mass is 10.0. The summed E-state index contributed by atoms with van der Waals surface area (Å²) in [6, 6.07) is 11.3. The summed E-state index contributed by atoms with van der Waals surface area (Å²) in [5, 5.41) is 3.52. The van der Waals surface area contributed by atoms with Crippen LogP contribution in [0.3, 0.4) is 0 Å². The standard InChI is InChI=1S/C22H26N4O3/c27-21(17-5-3-9-23-15-17)26-10-4-6-18(16-26)24-20-8-2-1-7-19(20)22(28)25-11-13-29-14-12-25/h1-3,5,7-9,15,18,24H,4,6,10-14,16H2. The normalized spacial score (nSPS) is 19.7. The van der Waals surface area contributed by atoms with Gasteiger partial charge in [0.1, 0.15) is 0 Å². The number of nitrogens with one attached hydrogen (secondary N) is 1. The third-order valence-electron chi connectivity index (χ3n) is 5.43. The predicted molar refractivity (Wildman–Crippen MR) is 110 cm³/mol. The molecule has 2 aliphatic heterocycles. The van der Waals surface area contributed by atoms with Crippen LogP contribution in [-0.4, -0.2) is 72.0 Å². The number of benzene rings is 1. The molecule has 0 radical (unpaired) electrons. The first-order chi connectivity index (χ1) is 14.2. The highest BCUT2D eigenvalue weighted by molar-refractivity contribution is 5.99. The summed E-state index contributed by atoms with van der Waals surface area (Å²) >= 11 is 0. The summed E-state index contributed by atoms with van der Waals surface area (Å²) in [5.74, 6) is 0.0257. The van der Waals surface area contributed by atoms with Crippen molar-refractivity contribution in [3.05, 3.63) is 59.9 Å². The maximum Gasteiger partial charge on any atom is 0.256 e. The molecule has 0 saturated carbocycles. The third-order valence-corrected chi connectivity index (χ3v) is 5.43. The van der Waals surface area contributed by atoms with Crippen LogP contribution in [0.5, 0.6) is 0 Å². The number of pyridine rings is 1. The Morgan fingerprint density at radius 2 is 1.83 bits per heavy atom. The number of anilines is 1. The fourth-order valence-corrected chi connectivity index (χ4v) is 3.90. The average Bonchev–Trinajstić information content (AvgIpc) is 2.80. The minimum atomic E-state index is 0.00211. The first-order valence-corrected chi connectivity index (χ1v) is 10.1. The van der Waals surface area contributed by atoms with E-state index in [4.69, 9.17) is 4.74 Å². The van der Waals surface area contributed by atoms with E-state index in [1.165, 1.54) is 0 Å². The van der Waals surface area contributed by atoms with Crippen LogP contribution in [0.2, 0.25) is 0 Å². The largest absolute Gasteiger partial charge is 0.380 e. The van der Waals surface area contributed by atoms with Gasteiger partial charge in [0.2, 0.25) is 0 Å². The van der Waals surface area contributed by atoms with Crippen molar-refractivity contribution < 1.29 is 14.3 Å². The smallest absolute Gasteiger partial charge is 0.256 e. The number of hydrogen-bond acceptors (Lipinski definition) is 5. The molecule has 7 nitrogen and oxygen atoms in total. The molecule has 29 heavy (non-hydrogen) atoms. The Morgan fingerprint density at radius 1 is 1.00 bits per heavy atom. The summed E-state index contributed by atoms with van der Waals surface area (Å²) < 4.78 is 5.36. The van der Waals surface area contributed by atoms with Crippen LogP contribution in [-0.2, 0) is 4.74 Å². The van der Waals surface area contributed by atoms with Crippen molar-refractivity contribution in [2.24, 2.45) is 0 Å². The maximum absolute atomic E-state index is 13.0. The van der Waals surface area contributed by atoms with Crippen molar-refractivity contribution in [1.82, 2.24) is 14.8 Å². The SMILES string of the molecule is O=C(c1cccnc1)N1CCCC(Nc2ccccc2C(=O)N2CCOCC2)C1. The lowest BCUT2D eigenvalue weighted by Crippen LogP contribution is -2.45. The Labute approximate surface area is 170 Å². The van der Waals surface area contributed by atoms with Gasteiger partial charge < -0.3 is 19.9 Å². The molecule has 7 heteroatoms. The molecule has 0 bridgehead atoms. The molecular formula is C22H26N4O3. The van der Waals surface area contributed by atoms with E-state index in [1.807, 2.05) is 34.1 Å². The number of hydrogen-bond donors (Lipinski definition) is 1. The molecule has 4 rings (SSSR count). The van der Waals surface area contributed by atoms with Gasteiger partial charge in [-0.1, -0.05) is 12.1 Å². The number of amides is 2. The minimum absolute atomic E-state index is 0.00211. The van der Waals surface area contributed by atoms with Gasteiger partial charge in [0.15, 0.2) is 0 Å². The molecule has 1 N–H and O–H groups in total. The number of aromatic nitrogens is 1. The van der Waals surface area contributed by atoms with Crippen molar-refractivity contribution in [3.63, 3.8) is 0 Å². The van der Waals surface area contributed by atoms with Crippen LogP contribution in [0, 0.1) is 0 Å². The van der Waals surface area contributed by atoms with Gasteiger partial charge in [-0.3, -0.25) is 14.6 Å². The zero-order valence-corrected chi connectivity index (χ0v) is 16.4. The molecular weight excluding hydrogens is 368 g/mol. The first-order valence-electron chi connectivity index (χ1n) is 10.1. The fourth-order valence-electron chi connectivity index (χ4n) is 3.90. The molecule has 152 valence electrons. The van der Waals surface area contributed by atoms with Crippen molar-refractivity contribution >= 4 is 17.5 Å². The number of ether oxygens (including phenoxy) is 1. The fraction of sp³-hybridized carbons (Fsp3) is 0.409. The molecule has 2 amide bonds. The van der Waals surface area contributed by atoms with E-state index in [2.05, 4.69) is 10.3 Å². The number of para-hydroxylation sites is 1. The Morgan fingerprint density at radius 3 is 2.62 bits per heavy atom. The Kier molecular flexibility index (Phi) is 6.05. The van der Waals surface area contributed by atoms with Crippen LogP contribution in [0.15, 0.2) is 48.8 Å². The van der Waals surface area contributed by atoms with Gasteiger partial charge in [-0.2, -0.15) is 0 Å². The lowest BCUT2D eigenvalue weighted by molar-refractivity contribution is 0.0303. The molecule has 3 heterocycles. The second-order valence-electron chi connectivity index (χ2n) is 7.43. The van der Waals surface area contributed by atoms with Crippen LogP contribution in [0.25, 0.3) is 0 Å². The Hall–Kier alpha value is -2.93. The quantitative estimate of drug-likeness (QED) is 0.861. The predicted octanol–water partition coefficient (Wildman–Crippen LogP) is 2.27. The Bertz CT molecular complexity index is 852. The number of rotatable bonds is 4. The number of piperidine rings is 1. The maximum atomic E-state index is 13.0. The molecule has 1 atom stereocenters. The zero-order chi connectivity index (χ0) is 20.1. The summed E-state index contributed by atoms with van der Waals surface area (Å²) in [7, 11) is 0. The summed E-state index contributed by atoms with van der Waals surface area (Å²) in [6.45, 7) is 3.73. The van der Waals surface area contributed by atoms with E-state index >= 15 is 0 Å². The molecule has 2 aromatic rings. The number of morpholine rings is 1. The second-order valence-corrected chi connectivity index (χ2v) is 7.43. The van der Waals surface area contributed by atoms with Crippen molar-refractivity contribution in [2.45, 2.75) is 18.9 Å². The second kappa shape index (κ2) is 9.05. The van der Waals surface area contributed by atoms with Crippen molar-refractivity contribution in [3.8, 4) is 0 Å². The molecule has 2 fully saturated rings. The molecule has 1 aromatic heterocycles. The molecule has 1 aromatic carbocycles. The number of nitrogens with zero attached hydrogens (tertiary/aromatic N) is 3. The van der Waals surface area contributed by atoms with Gasteiger partial charge in [0.05, 0.1) is 24.3 Å². The average molecular weight is 394 g/mol. The van der Waals surface area contributed by atoms with Gasteiger partial charge in [-0.05, 0) is 37.1 Å². The van der Waals surface area contributed by atoms with Crippen LogP contribution < -0.4 is 5.32 Å². The van der Waals surface area contributed by atoms with E-state index in [0.29, 0.717) is 44.0 Å². The highest BCUT2D eigenvalue weighted by Gasteiger charge is 2.26. The molecule has 1 unspecified atom stereocenters. The van der Waals surface area contributed by atoms with Crippen molar-refractivity contribution in [2.75, 3.05) is 44.7 Å². The first kappa shape index (κ1) is 19.4. The van der Waals surface area contributed by atoms with Crippen molar-refractivity contribution in [1.29, 1.82) is 0 Å². The van der Waals surface area contributed by atoms with Gasteiger partial charge in [-0.25, -0.2) is 0 Å². The van der Waals surface area contributed by atoms with Crippen LogP contribution in [0.4, 0.5) is 5.69 Å². The van der Waals surface area contributed by atoms with Crippen LogP contribution >= 0.6 is 0 Å². The van der Waals surface area contributed by atoms with Gasteiger partial charge in [0.25, 0.3) is 11.8 Å². The van der Waals surface area contributed by atoms with Crippen LogP contribution in [0.1, 0.15) is 33.6 Å². The molecule has 2 saturated heterocycles. The highest BCUT2D eigenvalue weighted by atomic mass is 16.5. The number of carbonyl (C=O) groups excluding carboxylic acids is 2. The van der Waals surface area contributed by atoms with E-state index in [-0.39, 0.29) is 17.9 Å². The monoisotopic (exact) mass is 394 g/mol. The minimum Gasteiger partial charge on any atom is -0.380 e. The summed E-state index contributed by atoms with van der Waals surface area (Å²) in [4.78, 5) is 33.5. The molecule has 2 aliphatic rings. The Balaban J connectivity index is 1.45.